The summed E-state index contributed by atoms with van der Waals surface area (Å²) in [5.74, 6) is 1.18. The number of allylic oxidation sites excluding steroid dienone is 1. The van der Waals surface area contributed by atoms with Crippen molar-refractivity contribution in [3.05, 3.63) is 107 Å². The second-order valence-corrected chi connectivity index (χ2v) is 10.8. The number of amides is 2. The highest BCUT2D eigenvalue weighted by Crippen LogP contribution is 2.34. The second kappa shape index (κ2) is 11.0. The maximum absolute atomic E-state index is 13.1. The van der Waals surface area contributed by atoms with Gasteiger partial charge in [0.2, 0.25) is 5.91 Å². The summed E-state index contributed by atoms with van der Waals surface area (Å²) in [6.45, 7) is 7.83. The summed E-state index contributed by atoms with van der Waals surface area (Å²) in [6.07, 6.45) is 5.31. The Bertz CT molecular complexity index is 1360. The highest BCUT2D eigenvalue weighted by molar-refractivity contribution is 6.01. The van der Waals surface area contributed by atoms with Gasteiger partial charge in [-0.15, -0.1) is 0 Å². The largest absolute Gasteiger partial charge is 0.487 e. The van der Waals surface area contributed by atoms with Crippen LogP contribution in [0.25, 0.3) is 0 Å². The number of hydrogen-bond acceptors (Lipinski definition) is 5. The lowest BCUT2D eigenvalue weighted by Crippen LogP contribution is -2.49. The van der Waals surface area contributed by atoms with E-state index in [-0.39, 0.29) is 11.8 Å². The van der Waals surface area contributed by atoms with Crippen molar-refractivity contribution in [2.24, 2.45) is 0 Å². The van der Waals surface area contributed by atoms with Crippen LogP contribution in [0.15, 0.2) is 79.1 Å². The Morgan fingerprint density at radius 3 is 2.56 bits per heavy atom. The van der Waals surface area contributed by atoms with Crippen LogP contribution in [0.5, 0.6) is 5.75 Å². The van der Waals surface area contributed by atoms with E-state index in [1.807, 2.05) is 36.4 Å². The molecule has 2 saturated heterocycles. The summed E-state index contributed by atoms with van der Waals surface area (Å²) >= 11 is 0. The first kappa shape index (κ1) is 25.3. The van der Waals surface area contributed by atoms with Gasteiger partial charge in [-0.25, -0.2) is 0 Å². The fourth-order valence-corrected chi connectivity index (χ4v) is 5.94. The van der Waals surface area contributed by atoms with Gasteiger partial charge in [0.15, 0.2) is 0 Å². The van der Waals surface area contributed by atoms with Crippen molar-refractivity contribution in [3.8, 4) is 5.75 Å². The molecule has 7 heteroatoms. The van der Waals surface area contributed by atoms with Gasteiger partial charge in [-0.05, 0) is 91.7 Å². The third kappa shape index (κ3) is 5.59. The smallest absolute Gasteiger partial charge is 0.255 e. The molecule has 7 nitrogen and oxygen atoms in total. The molecule has 1 unspecified atom stereocenters. The first-order valence-electron chi connectivity index (χ1n) is 13.8. The van der Waals surface area contributed by atoms with Crippen molar-refractivity contribution in [1.82, 2.24) is 20.1 Å². The number of nitrogens with one attached hydrogen (secondary N) is 1. The number of likely N-dealkylation sites (tertiary alicyclic amines) is 1. The van der Waals surface area contributed by atoms with Crippen LogP contribution >= 0.6 is 0 Å². The highest BCUT2D eigenvalue weighted by atomic mass is 16.5. The van der Waals surface area contributed by atoms with Gasteiger partial charge in [0, 0.05) is 30.5 Å². The minimum absolute atomic E-state index is 0.0350. The van der Waals surface area contributed by atoms with Crippen molar-refractivity contribution in [3.63, 3.8) is 0 Å². The maximum atomic E-state index is 13.1. The SMILES string of the molecule is C=C1CCC(N2Cc3cc(C4CCN(Cc5ccc(OCc6ccccn6)cc5)CC4)ccc3C2=O)C(=O)N1. The monoisotopic (exact) mass is 522 g/mol. The minimum atomic E-state index is -0.413. The van der Waals surface area contributed by atoms with E-state index in [1.54, 1.807) is 11.1 Å². The molecule has 6 rings (SSSR count). The van der Waals surface area contributed by atoms with Gasteiger partial charge in [-0.1, -0.05) is 36.9 Å². The molecule has 2 amide bonds. The lowest BCUT2D eigenvalue weighted by Gasteiger charge is -2.32. The number of rotatable bonds is 7. The number of benzene rings is 2. The first-order chi connectivity index (χ1) is 19.0. The van der Waals surface area contributed by atoms with E-state index in [1.165, 1.54) is 11.1 Å². The van der Waals surface area contributed by atoms with Gasteiger partial charge in [0.05, 0.1) is 5.69 Å². The Kier molecular flexibility index (Phi) is 7.16. The number of piperidine rings is 2. The summed E-state index contributed by atoms with van der Waals surface area (Å²) < 4.78 is 5.87. The van der Waals surface area contributed by atoms with E-state index < -0.39 is 6.04 Å². The molecule has 4 heterocycles. The van der Waals surface area contributed by atoms with E-state index in [0.717, 1.165) is 60.7 Å². The molecular formula is C32H34N4O3. The van der Waals surface area contributed by atoms with E-state index in [9.17, 15) is 9.59 Å². The topological polar surface area (TPSA) is 74.8 Å². The fourth-order valence-electron chi connectivity index (χ4n) is 5.94. The summed E-state index contributed by atoms with van der Waals surface area (Å²) in [5, 5.41) is 2.81. The molecular weight excluding hydrogens is 488 g/mol. The van der Waals surface area contributed by atoms with Crippen LogP contribution in [0.4, 0.5) is 0 Å². The fraction of sp³-hybridized carbons (Fsp3) is 0.344. The number of ether oxygens (including phenoxy) is 1. The third-order valence-corrected chi connectivity index (χ3v) is 8.16. The molecule has 0 radical (unpaired) electrons. The molecule has 0 spiro atoms. The standard InChI is InChI=1S/C32H34N4O3/c1-22-5-12-30(31(37)34-22)36-20-26-18-25(8-11-29(26)32(36)38)24-13-16-35(17-14-24)19-23-6-9-28(10-7-23)39-21-27-4-2-3-15-33-27/h2-4,6-11,15,18,24,30H,1,5,12-14,16-17,19-21H2,(H,34,37). The number of fused-ring (bicyclic) bond motifs is 1. The average molecular weight is 523 g/mol. The molecule has 0 bridgehead atoms. The van der Waals surface area contributed by atoms with Crippen LogP contribution < -0.4 is 10.1 Å². The lowest BCUT2D eigenvalue weighted by atomic mass is 9.87. The Hall–Kier alpha value is -3.97. The van der Waals surface area contributed by atoms with Crippen LogP contribution in [0.3, 0.4) is 0 Å². The Morgan fingerprint density at radius 1 is 1.00 bits per heavy atom. The Labute approximate surface area is 229 Å². The van der Waals surface area contributed by atoms with Gasteiger partial charge in [0.25, 0.3) is 5.91 Å². The minimum Gasteiger partial charge on any atom is -0.487 e. The molecule has 200 valence electrons. The third-order valence-electron chi connectivity index (χ3n) is 8.16. The molecule has 1 aromatic heterocycles. The normalized spacial score (nSPS) is 20.2. The van der Waals surface area contributed by atoms with E-state index in [2.05, 4.69) is 46.0 Å². The Morgan fingerprint density at radius 2 is 1.82 bits per heavy atom. The Balaban J connectivity index is 1.01. The van der Waals surface area contributed by atoms with Gasteiger partial charge in [0.1, 0.15) is 18.4 Å². The molecule has 1 N–H and O–H groups in total. The average Bonchev–Trinajstić information content (AvgIpc) is 3.29. The number of pyridine rings is 1. The van der Waals surface area contributed by atoms with Crippen molar-refractivity contribution in [1.29, 1.82) is 0 Å². The second-order valence-electron chi connectivity index (χ2n) is 10.8. The van der Waals surface area contributed by atoms with Crippen LogP contribution in [0, 0.1) is 0 Å². The summed E-state index contributed by atoms with van der Waals surface area (Å²) in [4.78, 5) is 34.1. The summed E-state index contributed by atoms with van der Waals surface area (Å²) in [5.41, 5.74) is 6.02. The number of hydrogen-bond donors (Lipinski definition) is 1. The zero-order valence-electron chi connectivity index (χ0n) is 22.1. The molecule has 3 aliphatic heterocycles. The van der Waals surface area contributed by atoms with Gasteiger partial charge in [-0.2, -0.15) is 0 Å². The van der Waals surface area contributed by atoms with Crippen LogP contribution in [-0.2, 0) is 24.5 Å². The molecule has 3 aromatic rings. The van der Waals surface area contributed by atoms with Crippen molar-refractivity contribution in [2.75, 3.05) is 13.1 Å². The summed E-state index contributed by atoms with van der Waals surface area (Å²) in [6, 6.07) is 20.1. The van der Waals surface area contributed by atoms with E-state index in [0.29, 0.717) is 31.9 Å². The molecule has 39 heavy (non-hydrogen) atoms. The van der Waals surface area contributed by atoms with Gasteiger partial charge in [-0.3, -0.25) is 19.5 Å². The molecule has 2 fully saturated rings. The number of nitrogens with zero attached hydrogens (tertiary/aromatic N) is 3. The van der Waals surface area contributed by atoms with Crippen molar-refractivity contribution in [2.45, 2.75) is 57.3 Å². The molecule has 0 aliphatic carbocycles. The number of carbonyl (C=O) groups excluding carboxylic acids is 2. The maximum Gasteiger partial charge on any atom is 0.255 e. The van der Waals surface area contributed by atoms with Crippen LogP contribution in [-0.4, -0.2) is 45.7 Å². The van der Waals surface area contributed by atoms with Crippen LogP contribution in [0.1, 0.15) is 64.3 Å². The predicted octanol–water partition coefficient (Wildman–Crippen LogP) is 4.79. The molecule has 2 aromatic carbocycles. The predicted molar refractivity (Wildman–Crippen MR) is 149 cm³/mol. The first-order valence-corrected chi connectivity index (χ1v) is 13.8. The van der Waals surface area contributed by atoms with E-state index >= 15 is 0 Å². The van der Waals surface area contributed by atoms with Gasteiger partial charge >= 0.3 is 0 Å². The molecule has 3 aliphatic rings. The zero-order chi connectivity index (χ0) is 26.8. The lowest BCUT2D eigenvalue weighted by molar-refractivity contribution is -0.126. The molecule has 1 atom stereocenters. The molecule has 0 saturated carbocycles. The quantitative estimate of drug-likeness (QED) is 0.483. The van der Waals surface area contributed by atoms with Gasteiger partial charge < -0.3 is 15.0 Å². The van der Waals surface area contributed by atoms with Crippen LogP contribution in [0.2, 0.25) is 0 Å². The van der Waals surface area contributed by atoms with E-state index in [4.69, 9.17) is 4.74 Å². The van der Waals surface area contributed by atoms with Crippen molar-refractivity contribution < 1.29 is 14.3 Å². The highest BCUT2D eigenvalue weighted by Gasteiger charge is 2.38. The number of aromatic nitrogens is 1. The number of carbonyl (C=O) groups is 2. The van der Waals surface area contributed by atoms with Crippen molar-refractivity contribution >= 4 is 11.8 Å². The summed E-state index contributed by atoms with van der Waals surface area (Å²) in [7, 11) is 0. The zero-order valence-corrected chi connectivity index (χ0v) is 22.1.